The highest BCUT2D eigenvalue weighted by molar-refractivity contribution is 5.98. The fraction of sp³-hybridized carbons (Fsp3) is 0.160. The van der Waals surface area contributed by atoms with Crippen molar-refractivity contribution >= 4 is 23.2 Å². The van der Waals surface area contributed by atoms with Crippen molar-refractivity contribution in [3.63, 3.8) is 0 Å². The van der Waals surface area contributed by atoms with Crippen LogP contribution in [0.1, 0.15) is 28.4 Å². The number of nitriles is 1. The molecule has 0 saturated carbocycles. The zero-order chi connectivity index (χ0) is 22.8. The van der Waals surface area contributed by atoms with Crippen molar-refractivity contribution in [1.82, 2.24) is 5.32 Å². The number of hydrogen-bond acceptors (Lipinski definition) is 5. The molecule has 0 spiro atoms. The molecule has 2 amide bonds. The molecule has 0 radical (unpaired) electrons. The Bertz CT molecular complexity index is 1140. The summed E-state index contributed by atoms with van der Waals surface area (Å²) in [5.74, 6) is 0.225. The Kier molecular flexibility index (Phi) is 7.82. The minimum atomic E-state index is -0.238. The first-order chi connectivity index (χ1) is 15.6. The lowest BCUT2D eigenvalue weighted by Crippen LogP contribution is -2.24. The van der Waals surface area contributed by atoms with Crippen molar-refractivity contribution in [3.05, 3.63) is 89.5 Å². The van der Waals surface area contributed by atoms with Crippen molar-refractivity contribution in [2.45, 2.75) is 13.5 Å². The van der Waals surface area contributed by atoms with E-state index in [1.807, 2.05) is 37.3 Å². The van der Waals surface area contributed by atoms with Crippen molar-refractivity contribution in [2.75, 3.05) is 23.7 Å². The molecule has 0 unspecified atom stereocenters. The largest absolute Gasteiger partial charge is 0.489 e. The van der Waals surface area contributed by atoms with Gasteiger partial charge in [0.1, 0.15) is 12.4 Å². The van der Waals surface area contributed by atoms with Gasteiger partial charge in [0.2, 0.25) is 5.91 Å². The number of carbonyl (C=O) groups excluding carboxylic acids is 2. The molecule has 0 aliphatic rings. The topological polar surface area (TPSA) is 103 Å². The van der Waals surface area contributed by atoms with Crippen LogP contribution in [0.5, 0.6) is 5.75 Å². The number of nitrogens with one attached hydrogen (secondary N) is 3. The molecule has 0 atom stereocenters. The fourth-order valence-corrected chi connectivity index (χ4v) is 2.98. The van der Waals surface area contributed by atoms with Gasteiger partial charge in [0.25, 0.3) is 5.91 Å². The maximum Gasteiger partial charge on any atom is 0.251 e. The molecule has 3 aromatic rings. The minimum Gasteiger partial charge on any atom is -0.489 e. The number of rotatable bonds is 9. The van der Waals surface area contributed by atoms with Gasteiger partial charge in [-0.15, -0.1) is 0 Å². The van der Waals surface area contributed by atoms with E-state index in [-0.39, 0.29) is 18.4 Å². The maximum absolute atomic E-state index is 12.3. The molecule has 0 bridgehead atoms. The van der Waals surface area contributed by atoms with Gasteiger partial charge in [-0.05, 0) is 55.0 Å². The van der Waals surface area contributed by atoms with Gasteiger partial charge in [-0.1, -0.05) is 24.3 Å². The third-order valence-electron chi connectivity index (χ3n) is 4.49. The van der Waals surface area contributed by atoms with Gasteiger partial charge in [0, 0.05) is 29.5 Å². The van der Waals surface area contributed by atoms with Gasteiger partial charge in [0.15, 0.2) is 0 Å². The van der Waals surface area contributed by atoms with Crippen LogP contribution in [0.2, 0.25) is 0 Å². The average Bonchev–Trinajstić information content (AvgIpc) is 2.82. The lowest BCUT2D eigenvalue weighted by atomic mass is 10.1. The van der Waals surface area contributed by atoms with E-state index in [2.05, 4.69) is 22.0 Å². The Morgan fingerprint density at radius 2 is 1.75 bits per heavy atom. The smallest absolute Gasteiger partial charge is 0.251 e. The number of amides is 2. The molecule has 3 N–H and O–H groups in total. The van der Waals surface area contributed by atoms with E-state index in [4.69, 9.17) is 10.00 Å². The number of carbonyl (C=O) groups is 2. The number of anilines is 2. The maximum atomic E-state index is 12.3. The second-order valence-electron chi connectivity index (χ2n) is 6.97. The van der Waals surface area contributed by atoms with Gasteiger partial charge in [-0.2, -0.15) is 5.26 Å². The van der Waals surface area contributed by atoms with Crippen LogP contribution in [0, 0.1) is 11.3 Å². The summed E-state index contributed by atoms with van der Waals surface area (Å²) in [6, 6.07) is 23.4. The molecular weight excluding hydrogens is 404 g/mol. The first-order valence-corrected chi connectivity index (χ1v) is 10.2. The Hall–Kier alpha value is -4.31. The molecule has 0 saturated heterocycles. The van der Waals surface area contributed by atoms with E-state index in [0.29, 0.717) is 35.7 Å². The second-order valence-corrected chi connectivity index (χ2v) is 6.97. The SMILES string of the molecule is CCNC(=O)c1cccc(NC(=O)CNc2cccc(OCc3cccc(C#N)c3)c2)c1. The Balaban J connectivity index is 1.52. The van der Waals surface area contributed by atoms with Gasteiger partial charge in [0.05, 0.1) is 18.2 Å². The van der Waals surface area contributed by atoms with E-state index in [1.165, 1.54) is 0 Å². The highest BCUT2D eigenvalue weighted by Crippen LogP contribution is 2.19. The second kappa shape index (κ2) is 11.2. The summed E-state index contributed by atoms with van der Waals surface area (Å²) in [4.78, 5) is 24.3. The summed E-state index contributed by atoms with van der Waals surface area (Å²) in [5.41, 5.74) is 3.26. The van der Waals surface area contributed by atoms with Crippen molar-refractivity contribution < 1.29 is 14.3 Å². The third-order valence-corrected chi connectivity index (χ3v) is 4.49. The van der Waals surface area contributed by atoms with Gasteiger partial charge >= 0.3 is 0 Å². The van der Waals surface area contributed by atoms with Crippen molar-refractivity contribution in [1.29, 1.82) is 5.26 Å². The third kappa shape index (κ3) is 6.61. The molecule has 0 aliphatic carbocycles. The molecule has 0 fully saturated rings. The predicted molar refractivity (Wildman–Crippen MR) is 123 cm³/mol. The summed E-state index contributed by atoms with van der Waals surface area (Å²) in [7, 11) is 0. The van der Waals surface area contributed by atoms with Crippen LogP contribution in [0.3, 0.4) is 0 Å². The molecule has 3 rings (SSSR count). The zero-order valence-corrected chi connectivity index (χ0v) is 17.7. The lowest BCUT2D eigenvalue weighted by Gasteiger charge is -2.11. The summed E-state index contributed by atoms with van der Waals surface area (Å²) in [6.45, 7) is 2.77. The quantitative estimate of drug-likeness (QED) is 0.479. The molecule has 32 heavy (non-hydrogen) atoms. The Morgan fingerprint density at radius 1 is 0.969 bits per heavy atom. The van der Waals surface area contributed by atoms with Crippen LogP contribution in [0.25, 0.3) is 0 Å². The minimum absolute atomic E-state index is 0.0546. The zero-order valence-electron chi connectivity index (χ0n) is 17.7. The number of ether oxygens (including phenoxy) is 1. The number of benzene rings is 3. The van der Waals surface area contributed by atoms with Gasteiger partial charge in [-0.25, -0.2) is 0 Å². The van der Waals surface area contributed by atoms with E-state index in [9.17, 15) is 9.59 Å². The van der Waals surface area contributed by atoms with E-state index >= 15 is 0 Å². The van der Waals surface area contributed by atoms with Crippen molar-refractivity contribution in [2.24, 2.45) is 0 Å². The summed E-state index contributed by atoms with van der Waals surface area (Å²) >= 11 is 0. The molecular formula is C25H24N4O3. The molecule has 0 aromatic heterocycles. The molecule has 162 valence electrons. The number of hydrogen-bond donors (Lipinski definition) is 3. The standard InChI is InChI=1S/C25H24N4O3/c1-2-27-25(31)20-8-4-10-22(13-20)29-24(30)16-28-21-9-5-11-23(14-21)32-17-19-7-3-6-18(12-19)15-26/h3-14,28H,2,16-17H2,1H3,(H,27,31)(H,29,30). The van der Waals surface area contributed by atoms with Crippen LogP contribution in [0.15, 0.2) is 72.8 Å². The molecule has 0 aliphatic heterocycles. The predicted octanol–water partition coefficient (Wildman–Crippen LogP) is 3.94. The molecule has 7 nitrogen and oxygen atoms in total. The Morgan fingerprint density at radius 3 is 2.56 bits per heavy atom. The van der Waals surface area contributed by atoms with Crippen LogP contribution in [0.4, 0.5) is 11.4 Å². The van der Waals surface area contributed by atoms with Crippen LogP contribution < -0.4 is 20.7 Å². The summed E-state index contributed by atoms with van der Waals surface area (Å²) < 4.78 is 5.80. The van der Waals surface area contributed by atoms with Crippen LogP contribution in [-0.2, 0) is 11.4 Å². The summed E-state index contributed by atoms with van der Waals surface area (Å²) in [5, 5.41) is 17.6. The van der Waals surface area contributed by atoms with Crippen molar-refractivity contribution in [3.8, 4) is 11.8 Å². The first-order valence-electron chi connectivity index (χ1n) is 10.2. The molecule has 7 heteroatoms. The summed E-state index contributed by atoms with van der Waals surface area (Å²) in [6.07, 6.45) is 0. The highest BCUT2D eigenvalue weighted by Gasteiger charge is 2.07. The van der Waals surface area contributed by atoms with E-state index < -0.39 is 0 Å². The highest BCUT2D eigenvalue weighted by atomic mass is 16.5. The van der Waals surface area contributed by atoms with Crippen LogP contribution >= 0.6 is 0 Å². The fourth-order valence-electron chi connectivity index (χ4n) is 2.98. The van der Waals surface area contributed by atoms with Gasteiger partial charge in [-0.3, -0.25) is 9.59 Å². The Labute approximate surface area is 187 Å². The normalized spacial score (nSPS) is 10.0. The monoisotopic (exact) mass is 428 g/mol. The lowest BCUT2D eigenvalue weighted by molar-refractivity contribution is -0.114. The van der Waals surface area contributed by atoms with E-state index in [0.717, 1.165) is 11.3 Å². The average molecular weight is 428 g/mol. The number of nitrogens with zero attached hydrogens (tertiary/aromatic N) is 1. The van der Waals surface area contributed by atoms with Crippen LogP contribution in [-0.4, -0.2) is 24.9 Å². The van der Waals surface area contributed by atoms with E-state index in [1.54, 1.807) is 42.5 Å². The first kappa shape index (κ1) is 22.4. The van der Waals surface area contributed by atoms with Gasteiger partial charge < -0.3 is 20.7 Å². The molecule has 0 heterocycles. The molecule has 3 aromatic carbocycles.